The number of aliphatic carboxylic acids is 1. The maximum absolute atomic E-state index is 11.6. The molecule has 0 aromatic rings. The smallest absolute Gasteiger partial charge is 0.315 e. The monoisotopic (exact) mass is 271 g/mol. The van der Waals surface area contributed by atoms with Crippen LogP contribution in [0.15, 0.2) is 0 Å². The average molecular weight is 271 g/mol. The van der Waals surface area contributed by atoms with Crippen molar-refractivity contribution >= 4 is 12.0 Å². The number of hydrogen-bond donors (Lipinski definition) is 3. The van der Waals surface area contributed by atoms with Gasteiger partial charge >= 0.3 is 12.0 Å². The van der Waals surface area contributed by atoms with E-state index in [2.05, 4.69) is 22.5 Å². The second-order valence-electron chi connectivity index (χ2n) is 5.30. The van der Waals surface area contributed by atoms with Gasteiger partial charge in [-0.1, -0.05) is 6.42 Å². The molecule has 2 atom stereocenters. The number of nitrogens with one attached hydrogen (secondary N) is 2. The van der Waals surface area contributed by atoms with Gasteiger partial charge in [0.15, 0.2) is 0 Å². The summed E-state index contributed by atoms with van der Waals surface area (Å²) >= 11 is 0. The Kier molecular flexibility index (Phi) is 6.62. The number of piperidine rings is 1. The van der Waals surface area contributed by atoms with Crippen LogP contribution in [0.1, 0.15) is 39.5 Å². The second-order valence-corrected chi connectivity index (χ2v) is 5.30. The number of carboxylic acid groups (broad SMARTS) is 1. The second kappa shape index (κ2) is 7.99. The fourth-order valence-electron chi connectivity index (χ4n) is 2.32. The lowest BCUT2D eigenvalue weighted by molar-refractivity contribution is -0.137. The van der Waals surface area contributed by atoms with Crippen molar-refractivity contribution in [2.24, 2.45) is 0 Å². The first-order chi connectivity index (χ1) is 8.99. The van der Waals surface area contributed by atoms with Crippen LogP contribution in [-0.4, -0.2) is 53.7 Å². The third-order valence-corrected chi connectivity index (χ3v) is 3.43. The summed E-state index contributed by atoms with van der Waals surface area (Å²) in [6.45, 7) is 6.57. The third kappa shape index (κ3) is 6.42. The minimum atomic E-state index is -0.908. The highest BCUT2D eigenvalue weighted by atomic mass is 16.4. The van der Waals surface area contributed by atoms with Crippen LogP contribution in [0, 0.1) is 0 Å². The molecule has 0 saturated carbocycles. The standard InChI is InChI=1S/C13H25N3O3/c1-10(8-12(17)18)15-13(19)14-9-11(2)16-6-4-3-5-7-16/h10-11H,3-9H2,1-2H3,(H,17,18)(H2,14,15,19). The molecule has 1 aliphatic heterocycles. The van der Waals surface area contributed by atoms with Gasteiger partial charge in [0.25, 0.3) is 0 Å². The lowest BCUT2D eigenvalue weighted by Gasteiger charge is -2.32. The van der Waals surface area contributed by atoms with Gasteiger partial charge in [0.05, 0.1) is 6.42 Å². The van der Waals surface area contributed by atoms with E-state index in [4.69, 9.17) is 5.11 Å². The molecule has 2 amide bonds. The third-order valence-electron chi connectivity index (χ3n) is 3.43. The van der Waals surface area contributed by atoms with E-state index in [-0.39, 0.29) is 18.5 Å². The fourth-order valence-corrected chi connectivity index (χ4v) is 2.32. The number of nitrogens with zero attached hydrogens (tertiary/aromatic N) is 1. The first-order valence-corrected chi connectivity index (χ1v) is 6.99. The van der Waals surface area contributed by atoms with Crippen molar-refractivity contribution in [3.8, 4) is 0 Å². The van der Waals surface area contributed by atoms with Crippen molar-refractivity contribution in [2.75, 3.05) is 19.6 Å². The lowest BCUT2D eigenvalue weighted by Crippen LogP contribution is -2.48. The number of carboxylic acids is 1. The molecule has 0 aromatic carbocycles. The van der Waals surface area contributed by atoms with Gasteiger partial charge in [0, 0.05) is 18.6 Å². The van der Waals surface area contributed by atoms with Crippen molar-refractivity contribution in [1.82, 2.24) is 15.5 Å². The Morgan fingerprint density at radius 1 is 1.21 bits per heavy atom. The number of likely N-dealkylation sites (tertiary alicyclic amines) is 1. The predicted octanol–water partition coefficient (Wildman–Crippen LogP) is 1.02. The van der Waals surface area contributed by atoms with Crippen LogP contribution in [0.25, 0.3) is 0 Å². The number of urea groups is 1. The maximum Gasteiger partial charge on any atom is 0.315 e. The van der Waals surface area contributed by atoms with Gasteiger partial charge in [-0.3, -0.25) is 9.69 Å². The van der Waals surface area contributed by atoms with Gasteiger partial charge in [-0.2, -0.15) is 0 Å². The Morgan fingerprint density at radius 3 is 2.42 bits per heavy atom. The SMILES string of the molecule is CC(CC(=O)O)NC(=O)NCC(C)N1CCCCC1. The molecule has 110 valence electrons. The molecule has 6 heteroatoms. The van der Waals surface area contributed by atoms with Crippen LogP contribution < -0.4 is 10.6 Å². The van der Waals surface area contributed by atoms with Crippen LogP contribution in [0.2, 0.25) is 0 Å². The Balaban J connectivity index is 2.19. The molecule has 0 aliphatic carbocycles. The maximum atomic E-state index is 11.6. The molecule has 0 bridgehead atoms. The minimum absolute atomic E-state index is 0.0604. The number of carbonyl (C=O) groups excluding carboxylic acids is 1. The molecule has 0 radical (unpaired) electrons. The fraction of sp³-hybridized carbons (Fsp3) is 0.846. The predicted molar refractivity (Wildman–Crippen MR) is 73.1 cm³/mol. The van der Waals surface area contributed by atoms with Crippen molar-refractivity contribution < 1.29 is 14.7 Å². The number of hydrogen-bond acceptors (Lipinski definition) is 3. The molecule has 19 heavy (non-hydrogen) atoms. The summed E-state index contributed by atoms with van der Waals surface area (Å²) in [5.41, 5.74) is 0. The minimum Gasteiger partial charge on any atom is -0.481 e. The van der Waals surface area contributed by atoms with E-state index in [1.54, 1.807) is 6.92 Å². The van der Waals surface area contributed by atoms with Crippen LogP contribution in [-0.2, 0) is 4.79 Å². The first kappa shape index (κ1) is 15.8. The topological polar surface area (TPSA) is 81.7 Å². The molecule has 1 aliphatic rings. The number of rotatable bonds is 6. The van der Waals surface area contributed by atoms with Gasteiger partial charge in [-0.15, -0.1) is 0 Å². The van der Waals surface area contributed by atoms with Crippen molar-refractivity contribution in [3.05, 3.63) is 0 Å². The quantitative estimate of drug-likeness (QED) is 0.674. The molecule has 3 N–H and O–H groups in total. The molecular formula is C13H25N3O3. The average Bonchev–Trinajstić information content (AvgIpc) is 2.36. The summed E-state index contributed by atoms with van der Waals surface area (Å²) in [6, 6.07) is -0.332. The zero-order valence-electron chi connectivity index (χ0n) is 11.8. The summed E-state index contributed by atoms with van der Waals surface area (Å²) in [7, 11) is 0. The molecule has 1 fully saturated rings. The summed E-state index contributed by atoms with van der Waals surface area (Å²) in [5, 5.41) is 14.0. The lowest BCUT2D eigenvalue weighted by atomic mass is 10.1. The largest absolute Gasteiger partial charge is 0.481 e. The van der Waals surface area contributed by atoms with E-state index in [1.807, 2.05) is 0 Å². The highest BCUT2D eigenvalue weighted by Crippen LogP contribution is 2.11. The van der Waals surface area contributed by atoms with Crippen molar-refractivity contribution in [3.63, 3.8) is 0 Å². The normalized spacial score (nSPS) is 19.5. The van der Waals surface area contributed by atoms with Crippen LogP contribution in [0.4, 0.5) is 4.79 Å². The molecule has 1 heterocycles. The van der Waals surface area contributed by atoms with Crippen molar-refractivity contribution in [1.29, 1.82) is 0 Å². The molecule has 1 saturated heterocycles. The molecule has 6 nitrogen and oxygen atoms in total. The van der Waals surface area contributed by atoms with E-state index in [0.29, 0.717) is 12.6 Å². The van der Waals surface area contributed by atoms with Gasteiger partial charge in [0.2, 0.25) is 0 Å². The highest BCUT2D eigenvalue weighted by molar-refractivity contribution is 5.75. The molecular weight excluding hydrogens is 246 g/mol. The Bertz CT molecular complexity index is 304. The number of carbonyl (C=O) groups is 2. The van der Waals surface area contributed by atoms with Gasteiger partial charge in [0.1, 0.15) is 0 Å². The van der Waals surface area contributed by atoms with Crippen LogP contribution in [0.3, 0.4) is 0 Å². The van der Waals surface area contributed by atoms with Gasteiger partial charge in [-0.25, -0.2) is 4.79 Å². The van der Waals surface area contributed by atoms with E-state index >= 15 is 0 Å². The summed E-state index contributed by atoms with van der Waals surface area (Å²) in [4.78, 5) is 24.5. The summed E-state index contributed by atoms with van der Waals surface area (Å²) in [5.74, 6) is -0.908. The van der Waals surface area contributed by atoms with E-state index in [1.165, 1.54) is 19.3 Å². The summed E-state index contributed by atoms with van der Waals surface area (Å²) < 4.78 is 0. The van der Waals surface area contributed by atoms with E-state index in [9.17, 15) is 9.59 Å². The highest BCUT2D eigenvalue weighted by Gasteiger charge is 2.17. The molecule has 1 rings (SSSR count). The van der Waals surface area contributed by atoms with Gasteiger partial charge < -0.3 is 15.7 Å². The van der Waals surface area contributed by atoms with E-state index < -0.39 is 5.97 Å². The van der Waals surface area contributed by atoms with E-state index in [0.717, 1.165) is 13.1 Å². The zero-order valence-corrected chi connectivity index (χ0v) is 11.8. The first-order valence-electron chi connectivity index (χ1n) is 6.99. The van der Waals surface area contributed by atoms with Crippen LogP contribution in [0.5, 0.6) is 0 Å². The van der Waals surface area contributed by atoms with Crippen molar-refractivity contribution in [2.45, 2.75) is 51.6 Å². The molecule has 0 spiro atoms. The summed E-state index contributed by atoms with van der Waals surface area (Å²) in [6.07, 6.45) is 3.69. The molecule has 2 unspecified atom stereocenters. The Labute approximate surface area is 114 Å². The molecule has 0 aromatic heterocycles. The number of amides is 2. The van der Waals surface area contributed by atoms with Gasteiger partial charge in [-0.05, 0) is 39.8 Å². The zero-order chi connectivity index (χ0) is 14.3. The Hall–Kier alpha value is -1.30. The van der Waals surface area contributed by atoms with Crippen LogP contribution >= 0.6 is 0 Å². The Morgan fingerprint density at radius 2 is 1.84 bits per heavy atom.